The number of nitrogens with one attached hydrogen (secondary N) is 1. The van der Waals surface area contributed by atoms with Gasteiger partial charge in [-0.25, -0.2) is 0 Å². The van der Waals surface area contributed by atoms with Crippen LogP contribution in [-0.2, 0) is 0 Å². The number of hydrogen-bond acceptors (Lipinski definition) is 2. The quantitative estimate of drug-likeness (QED) is 0.548. The minimum atomic E-state index is 0.483. The van der Waals surface area contributed by atoms with Crippen molar-refractivity contribution in [2.75, 3.05) is 13.1 Å². The number of nitrogens with two attached hydrogens (primary N) is 1. The van der Waals surface area contributed by atoms with E-state index in [4.69, 9.17) is 5.73 Å². The lowest BCUT2D eigenvalue weighted by molar-refractivity contribution is 0.532. The molecule has 2 nitrogen and oxygen atoms in total. The van der Waals surface area contributed by atoms with Gasteiger partial charge in [0.25, 0.3) is 0 Å². The fourth-order valence-electron chi connectivity index (χ4n) is 0.807. The van der Waals surface area contributed by atoms with Crippen molar-refractivity contribution in [2.24, 2.45) is 5.73 Å². The average Bonchev–Trinajstić information content (AvgIpc) is 1.98. The number of hydrogen-bond donors (Lipinski definition) is 2. The molecule has 62 valence electrons. The molecule has 0 aromatic rings. The Kier molecular flexibility index (Phi) is 6.98. The van der Waals surface area contributed by atoms with E-state index in [1.807, 2.05) is 0 Å². The summed E-state index contributed by atoms with van der Waals surface area (Å²) in [7, 11) is 0. The van der Waals surface area contributed by atoms with Gasteiger partial charge in [0.2, 0.25) is 0 Å². The lowest BCUT2D eigenvalue weighted by atomic mass is 10.2. The second-order valence-corrected chi connectivity index (χ2v) is 2.80. The van der Waals surface area contributed by atoms with Gasteiger partial charge < -0.3 is 11.1 Å². The first-order valence-electron chi connectivity index (χ1n) is 4.24. The normalized spacial score (nSPS) is 13.5. The van der Waals surface area contributed by atoms with Gasteiger partial charge >= 0.3 is 0 Å². The highest BCUT2D eigenvalue weighted by atomic mass is 14.9. The van der Waals surface area contributed by atoms with Crippen molar-refractivity contribution in [1.29, 1.82) is 0 Å². The lowest BCUT2D eigenvalue weighted by Gasteiger charge is -2.09. The highest BCUT2D eigenvalue weighted by Gasteiger charge is 1.94. The third-order valence-corrected chi connectivity index (χ3v) is 1.63. The van der Waals surface area contributed by atoms with E-state index in [1.54, 1.807) is 0 Å². The zero-order valence-electron chi connectivity index (χ0n) is 7.19. The Hall–Kier alpha value is -0.0800. The Morgan fingerprint density at radius 3 is 2.60 bits per heavy atom. The maximum absolute atomic E-state index is 5.42. The molecule has 0 heterocycles. The topological polar surface area (TPSA) is 38.0 Å². The molecule has 0 aromatic carbocycles. The van der Waals surface area contributed by atoms with Crippen LogP contribution >= 0.6 is 0 Å². The first-order chi connectivity index (χ1) is 4.81. The minimum absolute atomic E-state index is 0.483. The summed E-state index contributed by atoms with van der Waals surface area (Å²) in [6.07, 6.45) is 3.89. The fourth-order valence-corrected chi connectivity index (χ4v) is 0.807. The van der Waals surface area contributed by atoms with Gasteiger partial charge in [-0.05, 0) is 19.9 Å². The molecule has 0 unspecified atom stereocenters. The van der Waals surface area contributed by atoms with Crippen LogP contribution in [0.2, 0.25) is 0 Å². The zero-order valence-corrected chi connectivity index (χ0v) is 7.19. The summed E-state index contributed by atoms with van der Waals surface area (Å²) in [5.74, 6) is 0. The lowest BCUT2D eigenvalue weighted by Crippen LogP contribution is -2.33. The summed E-state index contributed by atoms with van der Waals surface area (Å²) in [5.41, 5.74) is 5.42. The van der Waals surface area contributed by atoms with Crippen molar-refractivity contribution < 1.29 is 0 Å². The van der Waals surface area contributed by atoms with Crippen LogP contribution in [0.3, 0.4) is 0 Å². The van der Waals surface area contributed by atoms with Gasteiger partial charge in [-0.2, -0.15) is 0 Å². The maximum Gasteiger partial charge on any atom is 0.0161 e. The highest BCUT2D eigenvalue weighted by Crippen LogP contribution is 1.91. The van der Waals surface area contributed by atoms with Crippen molar-refractivity contribution >= 4 is 0 Å². The van der Waals surface area contributed by atoms with Crippen LogP contribution in [-0.4, -0.2) is 19.1 Å². The Morgan fingerprint density at radius 1 is 1.40 bits per heavy atom. The molecule has 1 atom stereocenters. The number of rotatable bonds is 6. The fraction of sp³-hybridized carbons (Fsp3) is 1.00. The molecule has 0 fully saturated rings. The van der Waals surface area contributed by atoms with Crippen molar-refractivity contribution in [3.05, 3.63) is 0 Å². The molecule has 0 aliphatic carbocycles. The molecule has 0 aliphatic heterocycles. The standard InChI is InChI=1S/C8H20N2/c1-3-4-5-6-10-8(2)7-9/h8,10H,3-7,9H2,1-2H3/t8-/m1/s1. The van der Waals surface area contributed by atoms with Gasteiger partial charge in [-0.3, -0.25) is 0 Å². The maximum atomic E-state index is 5.42. The van der Waals surface area contributed by atoms with Crippen molar-refractivity contribution in [1.82, 2.24) is 5.32 Å². The Balaban J connectivity index is 2.89. The van der Waals surface area contributed by atoms with Gasteiger partial charge in [0, 0.05) is 12.6 Å². The second-order valence-electron chi connectivity index (χ2n) is 2.80. The summed E-state index contributed by atoms with van der Waals surface area (Å²) in [4.78, 5) is 0. The predicted molar refractivity (Wildman–Crippen MR) is 46.0 cm³/mol. The molecule has 0 radical (unpaired) electrons. The third-order valence-electron chi connectivity index (χ3n) is 1.63. The molecule has 0 amide bonds. The minimum Gasteiger partial charge on any atom is -0.329 e. The predicted octanol–water partition coefficient (Wildman–Crippen LogP) is 1.11. The van der Waals surface area contributed by atoms with E-state index < -0.39 is 0 Å². The van der Waals surface area contributed by atoms with E-state index in [-0.39, 0.29) is 0 Å². The van der Waals surface area contributed by atoms with E-state index in [0.29, 0.717) is 6.04 Å². The van der Waals surface area contributed by atoms with Crippen LogP contribution in [0.25, 0.3) is 0 Å². The van der Waals surface area contributed by atoms with Gasteiger partial charge in [-0.15, -0.1) is 0 Å². The molecule has 0 aromatic heterocycles. The van der Waals surface area contributed by atoms with E-state index in [2.05, 4.69) is 19.2 Å². The van der Waals surface area contributed by atoms with Crippen molar-refractivity contribution in [3.63, 3.8) is 0 Å². The van der Waals surface area contributed by atoms with Crippen LogP contribution in [0.15, 0.2) is 0 Å². The van der Waals surface area contributed by atoms with E-state index >= 15 is 0 Å². The molecule has 0 saturated heterocycles. The summed E-state index contributed by atoms with van der Waals surface area (Å²) >= 11 is 0. The van der Waals surface area contributed by atoms with Crippen LogP contribution in [0.4, 0.5) is 0 Å². The van der Waals surface area contributed by atoms with E-state index in [1.165, 1.54) is 19.3 Å². The molecule has 0 spiro atoms. The Labute approximate surface area is 64.2 Å². The average molecular weight is 144 g/mol. The molecule has 0 saturated carbocycles. The van der Waals surface area contributed by atoms with Crippen LogP contribution < -0.4 is 11.1 Å². The molecular weight excluding hydrogens is 124 g/mol. The van der Waals surface area contributed by atoms with Gasteiger partial charge in [0.1, 0.15) is 0 Å². The second kappa shape index (κ2) is 7.03. The highest BCUT2D eigenvalue weighted by molar-refractivity contribution is 4.59. The summed E-state index contributed by atoms with van der Waals surface area (Å²) < 4.78 is 0. The molecule has 0 rings (SSSR count). The SMILES string of the molecule is CCCCCN[C@H](C)CN. The van der Waals surface area contributed by atoms with E-state index in [0.717, 1.165) is 13.1 Å². The Bertz CT molecular complexity index is 64.3. The summed E-state index contributed by atoms with van der Waals surface area (Å²) in [6, 6.07) is 0.483. The summed E-state index contributed by atoms with van der Waals surface area (Å²) in [5, 5.41) is 3.34. The molecule has 3 N–H and O–H groups in total. The van der Waals surface area contributed by atoms with Gasteiger partial charge in [0.05, 0.1) is 0 Å². The van der Waals surface area contributed by atoms with E-state index in [9.17, 15) is 0 Å². The first kappa shape index (κ1) is 9.92. The molecule has 10 heavy (non-hydrogen) atoms. The Morgan fingerprint density at radius 2 is 2.10 bits per heavy atom. The van der Waals surface area contributed by atoms with Crippen molar-refractivity contribution in [3.8, 4) is 0 Å². The molecular formula is C8H20N2. The number of unbranched alkanes of at least 4 members (excludes halogenated alkanes) is 2. The van der Waals surface area contributed by atoms with Crippen LogP contribution in [0, 0.1) is 0 Å². The molecule has 2 heteroatoms. The monoisotopic (exact) mass is 144 g/mol. The molecule has 0 aliphatic rings. The largest absolute Gasteiger partial charge is 0.329 e. The van der Waals surface area contributed by atoms with Crippen molar-refractivity contribution in [2.45, 2.75) is 39.2 Å². The van der Waals surface area contributed by atoms with Gasteiger partial charge in [-0.1, -0.05) is 19.8 Å². The van der Waals surface area contributed by atoms with Gasteiger partial charge in [0.15, 0.2) is 0 Å². The first-order valence-corrected chi connectivity index (χ1v) is 4.24. The smallest absolute Gasteiger partial charge is 0.0161 e. The molecule has 0 bridgehead atoms. The van der Waals surface area contributed by atoms with Crippen LogP contribution in [0.1, 0.15) is 33.1 Å². The van der Waals surface area contributed by atoms with Crippen LogP contribution in [0.5, 0.6) is 0 Å². The zero-order chi connectivity index (χ0) is 7.82. The third kappa shape index (κ3) is 6.05. The summed E-state index contributed by atoms with van der Waals surface area (Å²) in [6.45, 7) is 6.19.